The number of rotatable bonds is 11. The Balaban J connectivity index is 5.10. The lowest BCUT2D eigenvalue weighted by molar-refractivity contribution is -0.143. The molecule has 26 heavy (non-hydrogen) atoms. The molecule has 0 aromatic rings. The Hall–Kier alpha value is -2.34. The minimum absolute atomic E-state index is 0.143. The van der Waals surface area contributed by atoms with Gasteiger partial charge in [-0.15, -0.1) is 0 Å². The second-order valence-corrected chi connectivity index (χ2v) is 6.17. The molecule has 12 heteroatoms. The van der Waals surface area contributed by atoms with E-state index in [0.29, 0.717) is 0 Å². The molecule has 0 radical (unpaired) electrons. The SMILES string of the molecule is CC(C)C(NC(=O)C(CS)NC(=O)C(CC(N)=O)NC(=O)CN)C(=O)O. The fourth-order valence-electron chi connectivity index (χ4n) is 1.90. The van der Waals surface area contributed by atoms with Crippen LogP contribution in [0.3, 0.4) is 0 Å². The van der Waals surface area contributed by atoms with Crippen molar-refractivity contribution in [1.29, 1.82) is 0 Å². The van der Waals surface area contributed by atoms with Gasteiger partial charge in [-0.05, 0) is 5.92 Å². The Morgan fingerprint density at radius 2 is 1.54 bits per heavy atom. The maximum atomic E-state index is 12.3. The Morgan fingerprint density at radius 3 is 1.92 bits per heavy atom. The van der Waals surface area contributed by atoms with Crippen molar-refractivity contribution >= 4 is 42.2 Å². The maximum Gasteiger partial charge on any atom is 0.326 e. The largest absolute Gasteiger partial charge is 0.480 e. The van der Waals surface area contributed by atoms with Crippen molar-refractivity contribution in [3.63, 3.8) is 0 Å². The number of carboxylic acids is 1. The van der Waals surface area contributed by atoms with Crippen molar-refractivity contribution in [1.82, 2.24) is 16.0 Å². The fraction of sp³-hybridized carbons (Fsp3) is 0.643. The molecule has 148 valence electrons. The molecule has 8 N–H and O–H groups in total. The van der Waals surface area contributed by atoms with E-state index in [0.717, 1.165) is 0 Å². The lowest BCUT2D eigenvalue weighted by Gasteiger charge is -2.24. The van der Waals surface area contributed by atoms with Crippen LogP contribution in [0.2, 0.25) is 0 Å². The topological polar surface area (TPSA) is 194 Å². The Labute approximate surface area is 156 Å². The maximum absolute atomic E-state index is 12.3. The summed E-state index contributed by atoms with van der Waals surface area (Å²) in [7, 11) is 0. The third-order valence-electron chi connectivity index (χ3n) is 3.29. The summed E-state index contributed by atoms with van der Waals surface area (Å²) in [5.41, 5.74) is 10.2. The normalized spacial score (nSPS) is 14.0. The first kappa shape index (κ1) is 23.7. The van der Waals surface area contributed by atoms with Crippen LogP contribution in [0.1, 0.15) is 20.3 Å². The van der Waals surface area contributed by atoms with E-state index >= 15 is 0 Å². The van der Waals surface area contributed by atoms with Gasteiger partial charge in [0.1, 0.15) is 18.1 Å². The van der Waals surface area contributed by atoms with Crippen molar-refractivity contribution in [3.8, 4) is 0 Å². The number of nitrogens with one attached hydrogen (secondary N) is 3. The van der Waals surface area contributed by atoms with Gasteiger partial charge in [0.05, 0.1) is 13.0 Å². The monoisotopic (exact) mass is 391 g/mol. The van der Waals surface area contributed by atoms with Gasteiger partial charge in [-0.2, -0.15) is 12.6 Å². The number of hydrogen-bond acceptors (Lipinski definition) is 7. The van der Waals surface area contributed by atoms with Crippen molar-refractivity contribution < 1.29 is 29.1 Å². The van der Waals surface area contributed by atoms with Crippen LogP contribution in [-0.2, 0) is 24.0 Å². The Morgan fingerprint density at radius 1 is 1.00 bits per heavy atom. The first-order chi connectivity index (χ1) is 12.0. The zero-order valence-electron chi connectivity index (χ0n) is 14.5. The van der Waals surface area contributed by atoms with Gasteiger partial charge in [-0.25, -0.2) is 4.79 Å². The summed E-state index contributed by atoms with van der Waals surface area (Å²) in [4.78, 5) is 58.1. The molecule has 4 amide bonds. The van der Waals surface area contributed by atoms with Crippen LogP contribution < -0.4 is 27.4 Å². The van der Waals surface area contributed by atoms with E-state index in [1.54, 1.807) is 13.8 Å². The van der Waals surface area contributed by atoms with Crippen LogP contribution in [0.25, 0.3) is 0 Å². The van der Waals surface area contributed by atoms with Crippen molar-refractivity contribution in [2.75, 3.05) is 12.3 Å². The molecule has 0 rings (SSSR count). The molecule has 0 bridgehead atoms. The number of nitrogens with two attached hydrogens (primary N) is 2. The molecule has 0 aliphatic rings. The zero-order chi connectivity index (χ0) is 20.4. The number of amides is 4. The Kier molecular flexibility index (Phi) is 10.3. The Bertz CT molecular complexity index is 556. The van der Waals surface area contributed by atoms with Gasteiger partial charge in [0.25, 0.3) is 0 Å². The van der Waals surface area contributed by atoms with Gasteiger partial charge >= 0.3 is 5.97 Å². The molecular weight excluding hydrogens is 366 g/mol. The van der Waals surface area contributed by atoms with E-state index in [1.807, 2.05) is 0 Å². The first-order valence-electron chi connectivity index (χ1n) is 7.75. The second-order valence-electron chi connectivity index (χ2n) is 5.81. The van der Waals surface area contributed by atoms with E-state index in [2.05, 4.69) is 28.6 Å². The van der Waals surface area contributed by atoms with Crippen LogP contribution in [0, 0.1) is 5.92 Å². The number of thiol groups is 1. The number of carbonyl (C=O) groups is 5. The van der Waals surface area contributed by atoms with Gasteiger partial charge in [0, 0.05) is 5.75 Å². The molecule has 0 aliphatic carbocycles. The average Bonchev–Trinajstić information content (AvgIpc) is 2.55. The highest BCUT2D eigenvalue weighted by Crippen LogP contribution is 2.03. The van der Waals surface area contributed by atoms with Gasteiger partial charge in [-0.3, -0.25) is 19.2 Å². The molecule has 0 saturated heterocycles. The summed E-state index contributed by atoms with van der Waals surface area (Å²) < 4.78 is 0. The number of carbonyl (C=O) groups excluding carboxylic acids is 4. The van der Waals surface area contributed by atoms with Crippen LogP contribution >= 0.6 is 12.6 Å². The summed E-state index contributed by atoms with van der Waals surface area (Å²) in [5, 5.41) is 15.9. The molecule has 3 atom stereocenters. The van der Waals surface area contributed by atoms with Gasteiger partial charge in [0.15, 0.2) is 0 Å². The zero-order valence-corrected chi connectivity index (χ0v) is 15.4. The number of carboxylic acid groups (broad SMARTS) is 1. The number of primary amides is 1. The molecule has 0 fully saturated rings. The lowest BCUT2D eigenvalue weighted by Crippen LogP contribution is -2.58. The van der Waals surface area contributed by atoms with Gasteiger partial charge in [0.2, 0.25) is 23.6 Å². The van der Waals surface area contributed by atoms with Gasteiger partial charge in [-0.1, -0.05) is 13.8 Å². The molecule has 0 aromatic heterocycles. The van der Waals surface area contributed by atoms with Crippen molar-refractivity contribution in [2.45, 2.75) is 38.4 Å². The molecule has 11 nitrogen and oxygen atoms in total. The molecule has 0 heterocycles. The smallest absolute Gasteiger partial charge is 0.326 e. The minimum Gasteiger partial charge on any atom is -0.480 e. The number of aliphatic carboxylic acids is 1. The van der Waals surface area contributed by atoms with Crippen LogP contribution in [-0.4, -0.2) is 65.1 Å². The third kappa shape index (κ3) is 8.16. The van der Waals surface area contributed by atoms with Crippen LogP contribution in [0.5, 0.6) is 0 Å². The third-order valence-corrected chi connectivity index (χ3v) is 3.65. The summed E-state index contributed by atoms with van der Waals surface area (Å²) >= 11 is 3.96. The number of hydrogen-bond donors (Lipinski definition) is 7. The predicted molar refractivity (Wildman–Crippen MR) is 95.0 cm³/mol. The van der Waals surface area contributed by atoms with Crippen LogP contribution in [0.4, 0.5) is 0 Å². The minimum atomic E-state index is -1.32. The van der Waals surface area contributed by atoms with E-state index in [9.17, 15) is 24.0 Å². The molecule has 0 spiro atoms. The van der Waals surface area contributed by atoms with E-state index in [1.165, 1.54) is 0 Å². The molecule has 0 saturated carbocycles. The van der Waals surface area contributed by atoms with Crippen molar-refractivity contribution in [3.05, 3.63) is 0 Å². The molecule has 0 aliphatic heterocycles. The van der Waals surface area contributed by atoms with E-state index in [4.69, 9.17) is 16.6 Å². The summed E-state index contributed by atoms with van der Waals surface area (Å²) in [6, 6.07) is -3.66. The van der Waals surface area contributed by atoms with E-state index in [-0.39, 0.29) is 11.7 Å². The molecular formula is C14H25N5O6S. The molecule has 3 unspecified atom stereocenters. The average molecular weight is 391 g/mol. The lowest BCUT2D eigenvalue weighted by atomic mass is 10.0. The van der Waals surface area contributed by atoms with Crippen molar-refractivity contribution in [2.24, 2.45) is 17.4 Å². The fourth-order valence-corrected chi connectivity index (χ4v) is 2.15. The van der Waals surface area contributed by atoms with Crippen LogP contribution in [0.15, 0.2) is 0 Å². The highest BCUT2D eigenvalue weighted by atomic mass is 32.1. The molecule has 0 aromatic carbocycles. The summed E-state index contributed by atoms with van der Waals surface area (Å²) in [6.07, 6.45) is -0.498. The second kappa shape index (κ2) is 11.3. The quantitative estimate of drug-likeness (QED) is 0.182. The highest BCUT2D eigenvalue weighted by Gasteiger charge is 2.30. The predicted octanol–water partition coefficient (Wildman–Crippen LogP) is -3.05. The summed E-state index contributed by atoms with van der Waals surface area (Å²) in [6.45, 7) is 2.81. The first-order valence-corrected chi connectivity index (χ1v) is 8.38. The standard InChI is InChI=1S/C14H25N5O6S/c1-6(2)11(14(24)25)19-13(23)8(5-26)18-12(22)7(3-9(16)20)17-10(21)4-15/h6-8,11,26H,3-5,15H2,1-2H3,(H2,16,20)(H,17,21)(H,18,22)(H,19,23)(H,24,25). The van der Waals surface area contributed by atoms with E-state index < -0.39 is 60.7 Å². The summed E-state index contributed by atoms with van der Waals surface area (Å²) in [5.74, 6) is -4.91. The van der Waals surface area contributed by atoms with Gasteiger partial charge < -0.3 is 32.5 Å². The highest BCUT2D eigenvalue weighted by molar-refractivity contribution is 7.80.